The maximum absolute atomic E-state index is 12.4. The van der Waals surface area contributed by atoms with Crippen LogP contribution in [-0.2, 0) is 4.79 Å². The number of rotatable bonds is 5. The van der Waals surface area contributed by atoms with Crippen molar-refractivity contribution in [2.45, 2.75) is 13.3 Å². The van der Waals surface area contributed by atoms with Gasteiger partial charge in [-0.25, -0.2) is 5.10 Å². The van der Waals surface area contributed by atoms with E-state index >= 15 is 0 Å². The van der Waals surface area contributed by atoms with Crippen LogP contribution in [0, 0.1) is 5.92 Å². The minimum Gasteiger partial charge on any atom is -0.494 e. The quantitative estimate of drug-likeness (QED) is 0.871. The molecule has 0 aliphatic carbocycles. The fraction of sp³-hybridized carbons (Fsp3) is 0.353. The molecule has 0 bridgehead atoms. The molecular weight excluding hydrogens is 308 g/mol. The van der Waals surface area contributed by atoms with E-state index in [0.29, 0.717) is 13.2 Å². The molecule has 1 unspecified atom stereocenters. The van der Waals surface area contributed by atoms with Gasteiger partial charge in [-0.1, -0.05) is 0 Å². The van der Waals surface area contributed by atoms with Gasteiger partial charge < -0.3 is 15.0 Å². The molecule has 1 atom stereocenters. The molecule has 1 aromatic heterocycles. The lowest BCUT2D eigenvalue weighted by Crippen LogP contribution is -2.27. The number of nitrogens with zero attached hydrogens (tertiary/aromatic N) is 2. The second-order valence-corrected chi connectivity index (χ2v) is 5.68. The molecule has 3 rings (SSSR count). The van der Waals surface area contributed by atoms with Crippen molar-refractivity contribution in [3.05, 3.63) is 46.9 Å². The van der Waals surface area contributed by atoms with Gasteiger partial charge in [0.25, 0.3) is 5.56 Å². The average Bonchev–Trinajstić information content (AvgIpc) is 3.07. The fourth-order valence-corrected chi connectivity index (χ4v) is 2.79. The van der Waals surface area contributed by atoms with E-state index in [9.17, 15) is 9.59 Å². The van der Waals surface area contributed by atoms with E-state index in [1.54, 1.807) is 6.20 Å². The Bertz CT molecular complexity index is 757. The summed E-state index contributed by atoms with van der Waals surface area (Å²) in [6.07, 6.45) is 2.35. The number of anilines is 2. The largest absolute Gasteiger partial charge is 0.494 e. The van der Waals surface area contributed by atoms with Crippen molar-refractivity contribution < 1.29 is 9.53 Å². The number of amides is 1. The van der Waals surface area contributed by atoms with E-state index in [2.05, 4.69) is 15.5 Å². The van der Waals surface area contributed by atoms with Crippen molar-refractivity contribution in [3.63, 3.8) is 0 Å². The van der Waals surface area contributed by atoms with E-state index in [0.717, 1.165) is 30.1 Å². The van der Waals surface area contributed by atoms with Gasteiger partial charge in [-0.2, -0.15) is 5.10 Å². The second-order valence-electron chi connectivity index (χ2n) is 5.68. The van der Waals surface area contributed by atoms with Gasteiger partial charge in [0, 0.05) is 24.8 Å². The monoisotopic (exact) mass is 328 g/mol. The van der Waals surface area contributed by atoms with Gasteiger partial charge in [0.05, 0.1) is 24.4 Å². The molecule has 24 heavy (non-hydrogen) atoms. The van der Waals surface area contributed by atoms with Crippen LogP contribution in [0.3, 0.4) is 0 Å². The number of ether oxygens (including phenoxy) is 1. The third-order valence-electron chi connectivity index (χ3n) is 4.01. The summed E-state index contributed by atoms with van der Waals surface area (Å²) in [6, 6.07) is 8.83. The van der Waals surface area contributed by atoms with Gasteiger partial charge >= 0.3 is 0 Å². The summed E-state index contributed by atoms with van der Waals surface area (Å²) in [5.41, 5.74) is 1.25. The molecule has 1 amide bonds. The number of nitrogens with one attached hydrogen (secondary N) is 2. The highest BCUT2D eigenvalue weighted by Gasteiger charge is 2.28. The van der Waals surface area contributed by atoms with Crippen molar-refractivity contribution in [1.29, 1.82) is 0 Å². The number of hydrogen-bond donors (Lipinski definition) is 2. The summed E-state index contributed by atoms with van der Waals surface area (Å²) < 4.78 is 5.38. The van der Waals surface area contributed by atoms with Gasteiger partial charge in [-0.3, -0.25) is 9.59 Å². The minimum atomic E-state index is -0.241. The Labute approximate surface area is 139 Å². The van der Waals surface area contributed by atoms with Crippen LogP contribution in [0.5, 0.6) is 5.75 Å². The normalized spacial score (nSPS) is 16.9. The van der Waals surface area contributed by atoms with E-state index in [-0.39, 0.29) is 17.4 Å². The van der Waals surface area contributed by atoms with Gasteiger partial charge in [-0.15, -0.1) is 0 Å². The molecule has 0 spiro atoms. The molecule has 0 saturated carbocycles. The first-order valence-corrected chi connectivity index (χ1v) is 7.99. The van der Waals surface area contributed by atoms with Crippen molar-refractivity contribution in [2.75, 3.05) is 29.9 Å². The molecule has 1 aliphatic rings. The van der Waals surface area contributed by atoms with Crippen LogP contribution >= 0.6 is 0 Å². The van der Waals surface area contributed by atoms with Crippen molar-refractivity contribution in [1.82, 2.24) is 10.2 Å². The van der Waals surface area contributed by atoms with Crippen LogP contribution < -0.4 is 20.5 Å². The molecule has 0 radical (unpaired) electrons. The van der Waals surface area contributed by atoms with E-state index in [1.165, 1.54) is 6.07 Å². The smallest absolute Gasteiger partial charge is 0.266 e. The Balaban J connectivity index is 1.59. The number of aromatic amines is 1. The highest BCUT2D eigenvalue weighted by Crippen LogP contribution is 2.24. The summed E-state index contributed by atoms with van der Waals surface area (Å²) in [5.74, 6) is 0.652. The van der Waals surface area contributed by atoms with Gasteiger partial charge in [0.2, 0.25) is 5.91 Å². The molecule has 126 valence electrons. The molecule has 2 N–H and O–H groups in total. The summed E-state index contributed by atoms with van der Waals surface area (Å²) >= 11 is 0. The van der Waals surface area contributed by atoms with Crippen LogP contribution in [0.15, 0.2) is 41.3 Å². The Kier molecular flexibility index (Phi) is 4.79. The molecule has 2 heterocycles. The van der Waals surface area contributed by atoms with Gasteiger partial charge in [0.1, 0.15) is 5.75 Å². The zero-order chi connectivity index (χ0) is 16.9. The summed E-state index contributed by atoms with van der Waals surface area (Å²) in [5, 5.41) is 9.08. The third-order valence-corrected chi connectivity index (χ3v) is 4.01. The highest BCUT2D eigenvalue weighted by atomic mass is 16.5. The topological polar surface area (TPSA) is 87.3 Å². The first kappa shape index (κ1) is 16.0. The average molecular weight is 328 g/mol. The van der Waals surface area contributed by atoms with Crippen LogP contribution in [0.1, 0.15) is 13.3 Å². The number of aromatic nitrogens is 2. The van der Waals surface area contributed by atoms with Crippen molar-refractivity contribution in [3.8, 4) is 5.75 Å². The molecular formula is C17H20N4O3. The molecule has 1 saturated heterocycles. The number of carbonyl (C=O) groups is 1. The van der Waals surface area contributed by atoms with Crippen LogP contribution in [-0.4, -0.2) is 35.8 Å². The minimum absolute atomic E-state index is 0.0144. The predicted octanol–water partition coefficient (Wildman–Crippen LogP) is 1.63. The lowest BCUT2D eigenvalue weighted by molar-refractivity contribution is -0.119. The molecule has 7 nitrogen and oxygen atoms in total. The molecule has 1 aliphatic heterocycles. The number of carbonyl (C=O) groups excluding carboxylic acids is 1. The second kappa shape index (κ2) is 7.16. The Hall–Kier alpha value is -2.83. The Morgan fingerprint density at radius 2 is 2.21 bits per heavy atom. The van der Waals surface area contributed by atoms with Crippen LogP contribution in [0.4, 0.5) is 11.4 Å². The predicted molar refractivity (Wildman–Crippen MR) is 91.4 cm³/mol. The lowest BCUT2D eigenvalue weighted by atomic mass is 10.1. The standard InChI is InChI=1S/C17H20N4O3/c1-2-24-15-5-3-13(4-6-15)19-17(23)12-7-8-21(11-12)14-9-16(22)20-18-10-14/h3-6,9-10,12H,2,7-8,11H2,1H3,(H,19,23)(H,20,22). The van der Waals surface area contributed by atoms with Crippen LogP contribution in [0.2, 0.25) is 0 Å². The van der Waals surface area contributed by atoms with Gasteiger partial charge in [0.15, 0.2) is 0 Å². The fourth-order valence-electron chi connectivity index (χ4n) is 2.79. The maximum atomic E-state index is 12.4. The molecule has 1 fully saturated rings. The molecule has 2 aromatic rings. The Morgan fingerprint density at radius 3 is 2.92 bits per heavy atom. The lowest BCUT2D eigenvalue weighted by Gasteiger charge is -2.17. The van der Waals surface area contributed by atoms with Gasteiger partial charge in [-0.05, 0) is 37.6 Å². The SMILES string of the molecule is CCOc1ccc(NC(=O)C2CCN(c3cn[nH]c(=O)c3)C2)cc1. The van der Waals surface area contributed by atoms with E-state index in [4.69, 9.17) is 4.74 Å². The number of benzene rings is 1. The molecule has 7 heteroatoms. The molecule has 1 aromatic carbocycles. The summed E-state index contributed by atoms with van der Waals surface area (Å²) in [6.45, 7) is 3.85. The first-order chi connectivity index (χ1) is 11.7. The zero-order valence-electron chi connectivity index (χ0n) is 13.5. The van der Waals surface area contributed by atoms with E-state index in [1.807, 2.05) is 36.1 Å². The van der Waals surface area contributed by atoms with E-state index < -0.39 is 0 Å². The Morgan fingerprint density at radius 1 is 1.42 bits per heavy atom. The number of H-pyrrole nitrogens is 1. The van der Waals surface area contributed by atoms with Crippen molar-refractivity contribution in [2.24, 2.45) is 5.92 Å². The zero-order valence-corrected chi connectivity index (χ0v) is 13.5. The maximum Gasteiger partial charge on any atom is 0.266 e. The highest BCUT2D eigenvalue weighted by molar-refractivity contribution is 5.93. The summed E-state index contributed by atoms with van der Waals surface area (Å²) in [7, 11) is 0. The van der Waals surface area contributed by atoms with Crippen LogP contribution in [0.25, 0.3) is 0 Å². The number of hydrogen-bond acceptors (Lipinski definition) is 5. The van der Waals surface area contributed by atoms with Crippen molar-refractivity contribution >= 4 is 17.3 Å². The summed E-state index contributed by atoms with van der Waals surface area (Å²) in [4.78, 5) is 25.8. The third kappa shape index (κ3) is 3.73. The first-order valence-electron chi connectivity index (χ1n) is 7.99.